The second-order valence-corrected chi connectivity index (χ2v) is 19.1. The van der Waals surface area contributed by atoms with Gasteiger partial charge in [0.2, 0.25) is 0 Å². The van der Waals surface area contributed by atoms with Gasteiger partial charge in [-0.15, -0.1) is 0 Å². The molecule has 2 aliphatic heterocycles. The zero-order chi connectivity index (χ0) is 49.6. The third-order valence-electron chi connectivity index (χ3n) is 14.5. The van der Waals surface area contributed by atoms with Crippen molar-refractivity contribution < 1.29 is 26.3 Å². The smallest absolute Gasteiger partial charge is 0.306 e. The first-order chi connectivity index (χ1) is 34.4. The number of fused-ring (bicyclic) bond motifs is 2. The molecule has 0 aliphatic carbocycles. The Bertz CT molecular complexity index is 3060. The molecule has 2 aliphatic rings. The number of aryl methyl sites for hydroxylation is 1. The minimum Gasteiger partial charge on any atom is -0.306 e. The topological polar surface area (TPSA) is 82.1 Å². The van der Waals surface area contributed by atoms with Gasteiger partial charge >= 0.3 is 11.4 Å². The van der Waals surface area contributed by atoms with Gasteiger partial charge in [-0.2, -0.15) is 0 Å². The lowest BCUT2D eigenvalue weighted by Gasteiger charge is -2.33. The highest BCUT2D eigenvalue weighted by Gasteiger charge is 2.27. The molecule has 2 aromatic heterocycles. The average molecular weight is 973 g/mol. The number of piperidine rings is 2. The van der Waals surface area contributed by atoms with Crippen LogP contribution in [0, 0.1) is 41.8 Å². The van der Waals surface area contributed by atoms with Crippen LogP contribution in [0.2, 0.25) is 0 Å². The summed E-state index contributed by atoms with van der Waals surface area (Å²) < 4.78 is 84.9. The van der Waals surface area contributed by atoms with Gasteiger partial charge in [0, 0.05) is 62.2 Å². The first kappa shape index (κ1) is 49.3. The highest BCUT2D eigenvalue weighted by Crippen LogP contribution is 2.33. The summed E-state index contributed by atoms with van der Waals surface area (Å²) in [6.45, 7) is 7.29. The molecule has 8 nitrogen and oxygen atoms in total. The van der Waals surface area contributed by atoms with Crippen LogP contribution in [0.25, 0.3) is 22.1 Å². The van der Waals surface area contributed by atoms with Crippen LogP contribution in [0.1, 0.15) is 103 Å². The summed E-state index contributed by atoms with van der Waals surface area (Å²) in [5.74, 6) is -2.77. The standard InChI is InChI=1S/C29H30F3N3O.C28H28F3N3O/c1-19-4-6-20(7-5-19)24(21-8-10-22(30)11-9-21)3-2-14-34-15-12-23(13-16-34)35-28-18-26(32)25(31)17-27(28)33-29(35)36;29-21-7-3-19(4-8-21)25(20-5-9-22(30)10-6-20)2-1-15-33-16-13-24(14-17-33)34-27-18-23(31)11-12-26(27)32-28(34)35/h4-11,17-18,23-24H,2-3,12-16H2,1H3,(H,33,36);3-12,18,24-25H,1-2,13-17H2,(H,32,35). The zero-order valence-electron chi connectivity index (χ0n) is 39.7. The first-order valence-electron chi connectivity index (χ1n) is 24.6. The molecule has 6 aromatic carbocycles. The summed E-state index contributed by atoms with van der Waals surface area (Å²) in [7, 11) is 0. The minimum atomic E-state index is -0.963. The Labute approximate surface area is 408 Å². The molecule has 370 valence electrons. The SMILES string of the molecule is Cc1ccc(C(CCCN2CCC(n3c(=O)[nH]c4cc(F)c(F)cc43)CC2)c2ccc(F)cc2)cc1.O=c1[nH]c2ccc(F)cc2n1C1CCN(CCCC(c2ccc(F)cc2)c2ccc(F)cc2)CC1. The molecule has 8 aromatic rings. The summed E-state index contributed by atoms with van der Waals surface area (Å²) in [6.07, 6.45) is 6.90. The van der Waals surface area contributed by atoms with Gasteiger partial charge in [0.25, 0.3) is 0 Å². The summed E-state index contributed by atoms with van der Waals surface area (Å²) in [6, 6.07) is 34.9. The molecule has 14 heteroatoms. The molecule has 2 fully saturated rings. The predicted molar refractivity (Wildman–Crippen MR) is 267 cm³/mol. The second-order valence-electron chi connectivity index (χ2n) is 19.1. The molecule has 1 unspecified atom stereocenters. The van der Waals surface area contributed by atoms with Crippen molar-refractivity contribution in [2.45, 2.75) is 82.2 Å². The molecular weight excluding hydrogens is 915 g/mol. The number of hydrogen-bond donors (Lipinski definition) is 2. The minimum absolute atomic E-state index is 0.0421. The van der Waals surface area contributed by atoms with Gasteiger partial charge in [-0.1, -0.05) is 66.2 Å². The molecule has 71 heavy (non-hydrogen) atoms. The lowest BCUT2D eigenvalue weighted by molar-refractivity contribution is 0.183. The molecule has 0 saturated carbocycles. The van der Waals surface area contributed by atoms with E-state index < -0.39 is 11.6 Å². The second kappa shape index (κ2) is 22.2. The Morgan fingerprint density at radius 3 is 1.27 bits per heavy atom. The number of likely N-dealkylation sites (tertiary alicyclic amines) is 2. The quantitative estimate of drug-likeness (QED) is 0.106. The van der Waals surface area contributed by atoms with Gasteiger partial charge < -0.3 is 19.8 Å². The molecule has 0 bridgehead atoms. The van der Waals surface area contributed by atoms with Crippen molar-refractivity contribution in [3.05, 3.63) is 211 Å². The highest BCUT2D eigenvalue weighted by atomic mass is 19.2. The van der Waals surface area contributed by atoms with E-state index in [1.165, 1.54) is 59.7 Å². The van der Waals surface area contributed by atoms with Crippen LogP contribution < -0.4 is 11.4 Å². The maximum Gasteiger partial charge on any atom is 0.326 e. The van der Waals surface area contributed by atoms with Crippen molar-refractivity contribution in [2.24, 2.45) is 0 Å². The van der Waals surface area contributed by atoms with E-state index in [-0.39, 0.29) is 58.6 Å². The molecule has 0 amide bonds. The van der Waals surface area contributed by atoms with Gasteiger partial charge in [0.15, 0.2) is 11.6 Å². The molecule has 4 heterocycles. The van der Waals surface area contributed by atoms with E-state index >= 15 is 0 Å². The van der Waals surface area contributed by atoms with E-state index in [0.717, 1.165) is 119 Å². The van der Waals surface area contributed by atoms with Gasteiger partial charge in [-0.05, 0) is 148 Å². The first-order valence-corrected chi connectivity index (χ1v) is 24.6. The third-order valence-corrected chi connectivity index (χ3v) is 14.5. The van der Waals surface area contributed by atoms with Crippen molar-refractivity contribution in [3.8, 4) is 0 Å². The number of nitrogens with zero attached hydrogens (tertiary/aromatic N) is 4. The number of halogens is 6. The number of aromatic nitrogens is 4. The van der Waals surface area contributed by atoms with Crippen molar-refractivity contribution in [1.29, 1.82) is 0 Å². The maximum absolute atomic E-state index is 13.8. The lowest BCUT2D eigenvalue weighted by Crippen LogP contribution is -2.37. The summed E-state index contributed by atoms with van der Waals surface area (Å²) in [4.78, 5) is 35.3. The van der Waals surface area contributed by atoms with Crippen LogP contribution in [0.15, 0.2) is 137 Å². The maximum atomic E-state index is 13.8. The number of aromatic amines is 2. The van der Waals surface area contributed by atoms with Crippen molar-refractivity contribution in [3.63, 3.8) is 0 Å². The molecule has 0 radical (unpaired) electrons. The number of H-pyrrole nitrogens is 2. The highest BCUT2D eigenvalue weighted by molar-refractivity contribution is 5.76. The normalized spacial score (nSPS) is 15.7. The van der Waals surface area contributed by atoms with Gasteiger partial charge in [0.1, 0.15) is 23.3 Å². The largest absolute Gasteiger partial charge is 0.326 e. The summed E-state index contributed by atoms with van der Waals surface area (Å²) >= 11 is 0. The van der Waals surface area contributed by atoms with Crippen molar-refractivity contribution >= 4 is 22.1 Å². The summed E-state index contributed by atoms with van der Waals surface area (Å²) in [5.41, 5.74) is 7.09. The average Bonchev–Trinajstić information content (AvgIpc) is 3.87. The molecule has 0 spiro atoms. The van der Waals surface area contributed by atoms with Gasteiger partial charge in [-0.3, -0.25) is 9.13 Å². The number of hydrogen-bond acceptors (Lipinski definition) is 4. The number of imidazole rings is 2. The van der Waals surface area contributed by atoms with Crippen LogP contribution in [0.4, 0.5) is 26.3 Å². The van der Waals surface area contributed by atoms with Crippen LogP contribution in [0.5, 0.6) is 0 Å². The molecule has 1 atom stereocenters. The van der Waals surface area contributed by atoms with E-state index in [9.17, 15) is 35.9 Å². The molecule has 10 rings (SSSR count). The Kier molecular flexibility index (Phi) is 15.4. The Hall–Kier alpha value is -6.64. The predicted octanol–water partition coefficient (Wildman–Crippen LogP) is 12.3. The lowest BCUT2D eigenvalue weighted by atomic mass is 9.87. The van der Waals surface area contributed by atoms with E-state index in [4.69, 9.17) is 0 Å². The molecular formula is C57H58F6N6O2. The molecule has 2 N–H and O–H groups in total. The van der Waals surface area contributed by atoms with E-state index in [1.54, 1.807) is 39.5 Å². The van der Waals surface area contributed by atoms with Gasteiger partial charge in [-0.25, -0.2) is 35.9 Å². The fourth-order valence-electron chi connectivity index (χ4n) is 10.7. The van der Waals surface area contributed by atoms with Crippen LogP contribution in [-0.2, 0) is 0 Å². The Morgan fingerprint density at radius 2 is 0.831 bits per heavy atom. The fourth-order valence-corrected chi connectivity index (χ4v) is 10.7. The summed E-state index contributed by atoms with van der Waals surface area (Å²) in [5, 5.41) is 0. The fraction of sp³-hybridized carbons (Fsp3) is 0.333. The van der Waals surface area contributed by atoms with Crippen LogP contribution in [0.3, 0.4) is 0 Å². The van der Waals surface area contributed by atoms with Crippen LogP contribution >= 0.6 is 0 Å². The number of nitrogens with one attached hydrogen (secondary N) is 2. The van der Waals surface area contributed by atoms with E-state index in [1.807, 2.05) is 12.1 Å². The van der Waals surface area contributed by atoms with Crippen molar-refractivity contribution in [1.82, 2.24) is 28.9 Å². The zero-order valence-corrected chi connectivity index (χ0v) is 39.7. The Balaban J connectivity index is 0.000000176. The third kappa shape index (κ3) is 11.8. The number of benzene rings is 6. The van der Waals surface area contributed by atoms with Crippen LogP contribution in [-0.4, -0.2) is 68.2 Å². The Morgan fingerprint density at radius 1 is 0.465 bits per heavy atom. The van der Waals surface area contributed by atoms with Gasteiger partial charge in [0.05, 0.1) is 22.1 Å². The molecule has 2 saturated heterocycles. The monoisotopic (exact) mass is 972 g/mol. The van der Waals surface area contributed by atoms with Crippen molar-refractivity contribution in [2.75, 3.05) is 39.3 Å². The number of rotatable bonds is 14. The van der Waals surface area contributed by atoms with E-state index in [0.29, 0.717) is 22.1 Å². The van der Waals surface area contributed by atoms with E-state index in [2.05, 4.69) is 51.0 Å².